The highest BCUT2D eigenvalue weighted by Crippen LogP contribution is 2.29. The zero-order valence-electron chi connectivity index (χ0n) is 18.1. The molecule has 1 atom stereocenters. The fourth-order valence-corrected chi connectivity index (χ4v) is 4.45. The Hall–Kier alpha value is -2.97. The van der Waals surface area contributed by atoms with Crippen LogP contribution in [0.2, 0.25) is 0 Å². The van der Waals surface area contributed by atoms with Crippen LogP contribution in [0.1, 0.15) is 39.1 Å². The summed E-state index contributed by atoms with van der Waals surface area (Å²) in [6, 6.07) is 9.57. The molecule has 1 aromatic carbocycles. The number of aryl methyl sites for hydroxylation is 3. The first kappa shape index (κ1) is 21.3. The molecular weight excluding hydrogens is 412 g/mol. The molecule has 0 radical (unpaired) electrons. The number of carbonyl (C=O) groups is 1. The monoisotopic (exact) mass is 438 g/mol. The van der Waals surface area contributed by atoms with Crippen molar-refractivity contribution in [3.63, 3.8) is 0 Å². The number of methoxy groups -OCH3 is 1. The van der Waals surface area contributed by atoms with Gasteiger partial charge in [0.15, 0.2) is 5.13 Å². The summed E-state index contributed by atoms with van der Waals surface area (Å²) in [5.41, 5.74) is 5.07. The molecule has 1 saturated heterocycles. The molecule has 7 nitrogen and oxygen atoms in total. The van der Waals surface area contributed by atoms with E-state index in [4.69, 9.17) is 9.47 Å². The molecule has 0 bridgehead atoms. The fourth-order valence-electron chi connectivity index (χ4n) is 3.74. The van der Waals surface area contributed by atoms with Crippen LogP contribution in [-0.4, -0.2) is 47.6 Å². The van der Waals surface area contributed by atoms with E-state index < -0.39 is 0 Å². The van der Waals surface area contributed by atoms with Crippen LogP contribution in [0.3, 0.4) is 0 Å². The van der Waals surface area contributed by atoms with Crippen LogP contribution in [-0.2, 0) is 4.74 Å². The molecule has 1 fully saturated rings. The molecule has 3 heterocycles. The molecule has 31 heavy (non-hydrogen) atoms. The minimum absolute atomic E-state index is 0.0573. The number of nitrogens with one attached hydrogen (secondary N) is 1. The predicted octanol–water partition coefficient (Wildman–Crippen LogP) is 4.43. The van der Waals surface area contributed by atoms with Crippen molar-refractivity contribution in [3.8, 4) is 5.75 Å². The molecule has 1 aliphatic heterocycles. The van der Waals surface area contributed by atoms with E-state index >= 15 is 0 Å². The molecule has 162 valence electrons. The summed E-state index contributed by atoms with van der Waals surface area (Å²) < 4.78 is 11.5. The number of thiazole rings is 1. The highest BCUT2D eigenvalue weighted by Gasteiger charge is 2.29. The Morgan fingerprint density at radius 3 is 2.81 bits per heavy atom. The van der Waals surface area contributed by atoms with Crippen molar-refractivity contribution in [2.75, 3.05) is 32.1 Å². The van der Waals surface area contributed by atoms with Gasteiger partial charge < -0.3 is 19.7 Å². The van der Waals surface area contributed by atoms with Gasteiger partial charge in [-0.2, -0.15) is 0 Å². The third kappa shape index (κ3) is 4.70. The van der Waals surface area contributed by atoms with Crippen LogP contribution in [0.4, 0.5) is 10.8 Å². The number of morpholine rings is 1. The summed E-state index contributed by atoms with van der Waals surface area (Å²) in [6.45, 7) is 7.27. The van der Waals surface area contributed by atoms with Gasteiger partial charge in [0.25, 0.3) is 5.91 Å². The summed E-state index contributed by atoms with van der Waals surface area (Å²) in [7, 11) is 1.59. The molecule has 1 amide bonds. The van der Waals surface area contributed by atoms with Gasteiger partial charge in [-0.3, -0.25) is 9.78 Å². The first-order valence-electron chi connectivity index (χ1n) is 10.2. The normalized spacial score (nSPS) is 16.3. The van der Waals surface area contributed by atoms with Crippen LogP contribution in [0.15, 0.2) is 35.7 Å². The number of pyridine rings is 1. The molecule has 0 spiro atoms. The maximum Gasteiger partial charge on any atom is 0.257 e. The van der Waals surface area contributed by atoms with E-state index in [0.29, 0.717) is 31.0 Å². The number of hydrogen-bond acceptors (Lipinski definition) is 7. The van der Waals surface area contributed by atoms with Crippen LogP contribution in [0.25, 0.3) is 0 Å². The smallest absolute Gasteiger partial charge is 0.257 e. The lowest BCUT2D eigenvalue weighted by Gasteiger charge is -2.33. The third-order valence-electron chi connectivity index (χ3n) is 5.17. The molecule has 0 saturated carbocycles. The number of para-hydroxylation sites is 1. The number of carbonyl (C=O) groups excluding carboxylic acids is 1. The molecule has 3 aromatic rings. The maximum absolute atomic E-state index is 13.2. The number of hydrogen-bond donors (Lipinski definition) is 1. The number of nitrogens with zero attached hydrogens (tertiary/aromatic N) is 3. The lowest BCUT2D eigenvalue weighted by atomic mass is 10.1. The van der Waals surface area contributed by atoms with Crippen molar-refractivity contribution in [2.24, 2.45) is 0 Å². The van der Waals surface area contributed by atoms with Gasteiger partial charge in [-0.15, -0.1) is 11.3 Å². The zero-order valence-corrected chi connectivity index (χ0v) is 19.0. The molecule has 1 unspecified atom stereocenters. The first-order chi connectivity index (χ1) is 14.9. The highest BCUT2D eigenvalue weighted by atomic mass is 32.1. The third-order valence-corrected chi connectivity index (χ3v) is 6.05. The molecule has 8 heteroatoms. The van der Waals surface area contributed by atoms with Crippen molar-refractivity contribution >= 4 is 28.1 Å². The molecule has 1 aliphatic rings. The highest BCUT2D eigenvalue weighted by molar-refractivity contribution is 7.13. The second-order valence-electron chi connectivity index (χ2n) is 7.61. The van der Waals surface area contributed by atoms with Crippen LogP contribution in [0, 0.1) is 20.8 Å². The summed E-state index contributed by atoms with van der Waals surface area (Å²) >= 11 is 1.56. The number of amides is 1. The van der Waals surface area contributed by atoms with E-state index in [-0.39, 0.29) is 12.0 Å². The standard InChI is InChI=1S/C23H26N4O3S/c1-14-6-5-7-18(21(14)29-4)22(28)27-8-9-30-20(12-27)19-11-17(10-15(2)24-19)26-23-25-16(3)13-31-23/h5-7,10-11,13,20H,8-9,12H2,1-4H3,(H,24,25,26). The summed E-state index contributed by atoms with van der Waals surface area (Å²) in [4.78, 5) is 24.2. The lowest BCUT2D eigenvalue weighted by Crippen LogP contribution is -2.42. The lowest BCUT2D eigenvalue weighted by molar-refractivity contribution is -0.0248. The van der Waals surface area contributed by atoms with Gasteiger partial charge in [0.1, 0.15) is 11.9 Å². The van der Waals surface area contributed by atoms with Crippen molar-refractivity contribution in [3.05, 3.63) is 63.9 Å². The number of rotatable bonds is 5. The maximum atomic E-state index is 13.2. The number of benzene rings is 1. The van der Waals surface area contributed by atoms with E-state index in [0.717, 1.165) is 33.5 Å². The van der Waals surface area contributed by atoms with Gasteiger partial charge in [0.05, 0.1) is 37.2 Å². The largest absolute Gasteiger partial charge is 0.496 e. The Bertz CT molecular complexity index is 1100. The van der Waals surface area contributed by atoms with Crippen LogP contribution >= 0.6 is 11.3 Å². The summed E-state index contributed by atoms with van der Waals surface area (Å²) in [5.74, 6) is 0.563. The first-order valence-corrected chi connectivity index (χ1v) is 11.0. The summed E-state index contributed by atoms with van der Waals surface area (Å²) in [6.07, 6.45) is -0.299. The Morgan fingerprint density at radius 2 is 2.06 bits per heavy atom. The van der Waals surface area contributed by atoms with Gasteiger partial charge in [0, 0.05) is 23.3 Å². The Balaban J connectivity index is 1.55. The molecular formula is C23H26N4O3S. The van der Waals surface area contributed by atoms with Crippen molar-refractivity contribution in [2.45, 2.75) is 26.9 Å². The van der Waals surface area contributed by atoms with Crippen LogP contribution < -0.4 is 10.1 Å². The van der Waals surface area contributed by atoms with Gasteiger partial charge in [0.2, 0.25) is 0 Å². The number of aromatic nitrogens is 2. The minimum atomic E-state index is -0.299. The van der Waals surface area contributed by atoms with Crippen molar-refractivity contribution in [1.82, 2.24) is 14.9 Å². The van der Waals surface area contributed by atoms with E-state index in [9.17, 15) is 4.79 Å². The van der Waals surface area contributed by atoms with E-state index in [2.05, 4.69) is 15.3 Å². The van der Waals surface area contributed by atoms with Gasteiger partial charge in [-0.25, -0.2) is 4.98 Å². The number of ether oxygens (including phenoxy) is 2. The second kappa shape index (κ2) is 9.03. The molecule has 4 rings (SSSR count). The molecule has 2 aromatic heterocycles. The quantitative estimate of drug-likeness (QED) is 0.635. The second-order valence-corrected chi connectivity index (χ2v) is 8.47. The van der Waals surface area contributed by atoms with E-state index in [1.165, 1.54) is 0 Å². The Morgan fingerprint density at radius 1 is 1.23 bits per heavy atom. The van der Waals surface area contributed by atoms with Crippen molar-refractivity contribution < 1.29 is 14.3 Å². The fraction of sp³-hybridized carbons (Fsp3) is 0.348. The Kier molecular flexibility index (Phi) is 6.20. The zero-order chi connectivity index (χ0) is 22.0. The Labute approximate surface area is 186 Å². The van der Waals surface area contributed by atoms with Crippen LogP contribution in [0.5, 0.6) is 5.75 Å². The van der Waals surface area contributed by atoms with Crippen molar-refractivity contribution in [1.29, 1.82) is 0 Å². The topological polar surface area (TPSA) is 76.6 Å². The van der Waals surface area contributed by atoms with Gasteiger partial charge in [-0.05, 0) is 44.5 Å². The molecule has 0 aliphatic carbocycles. The summed E-state index contributed by atoms with van der Waals surface area (Å²) in [5, 5.41) is 6.18. The van der Waals surface area contributed by atoms with Gasteiger partial charge in [-0.1, -0.05) is 12.1 Å². The average Bonchev–Trinajstić information content (AvgIpc) is 3.17. The average molecular weight is 439 g/mol. The number of anilines is 2. The van der Waals surface area contributed by atoms with E-state index in [1.807, 2.05) is 61.4 Å². The molecule has 1 N–H and O–H groups in total. The van der Waals surface area contributed by atoms with Gasteiger partial charge >= 0.3 is 0 Å². The predicted molar refractivity (Wildman–Crippen MR) is 121 cm³/mol. The SMILES string of the molecule is COc1c(C)cccc1C(=O)N1CCOC(c2cc(Nc3nc(C)cs3)cc(C)n2)C1. The van der Waals surface area contributed by atoms with E-state index in [1.54, 1.807) is 18.4 Å². The minimum Gasteiger partial charge on any atom is -0.496 e.